The predicted molar refractivity (Wildman–Crippen MR) is 111 cm³/mol. The summed E-state index contributed by atoms with van der Waals surface area (Å²) in [5.41, 5.74) is 4.13. The first kappa shape index (κ1) is 16.9. The summed E-state index contributed by atoms with van der Waals surface area (Å²) >= 11 is 12.4. The fourth-order valence-electron chi connectivity index (χ4n) is 2.93. The minimum Gasteiger partial charge on any atom is -0.320 e. The van der Waals surface area contributed by atoms with Crippen molar-refractivity contribution in [1.29, 1.82) is 0 Å². The predicted octanol–water partition coefficient (Wildman–Crippen LogP) is 6.56. The van der Waals surface area contributed by atoms with E-state index in [0.717, 1.165) is 22.4 Å². The van der Waals surface area contributed by atoms with Crippen LogP contribution in [0.5, 0.6) is 0 Å². The van der Waals surface area contributed by atoms with Crippen LogP contribution < -0.4 is 0 Å². The molecule has 128 valence electrons. The van der Waals surface area contributed by atoms with E-state index in [4.69, 9.17) is 28.2 Å². The topological polar surface area (TPSA) is 17.8 Å². The summed E-state index contributed by atoms with van der Waals surface area (Å²) in [5, 5.41) is 1.05. The number of hydrogen-bond donors (Lipinski definition) is 0. The molecule has 0 N–H and O–H groups in total. The molecule has 0 radical (unpaired) electrons. The number of fused-ring (bicyclic) bond motifs is 1. The standard InChI is InChI=1S/C22H16Cl2N2/c23-18-13-20-21(14-19(18)24)26(15-17-9-5-2-6-10-17)22(25-20)12-11-16-7-3-1-4-8-16/h1-14H,15H2/b12-11+. The highest BCUT2D eigenvalue weighted by atomic mass is 35.5. The van der Waals surface area contributed by atoms with Gasteiger partial charge in [-0.15, -0.1) is 0 Å². The van der Waals surface area contributed by atoms with Gasteiger partial charge in [-0.1, -0.05) is 89.9 Å². The molecule has 0 unspecified atom stereocenters. The molecule has 0 saturated carbocycles. The van der Waals surface area contributed by atoms with Gasteiger partial charge in [0.05, 0.1) is 21.1 Å². The molecule has 0 amide bonds. The van der Waals surface area contributed by atoms with Crippen LogP contribution in [0.2, 0.25) is 10.0 Å². The molecular weight excluding hydrogens is 363 g/mol. The maximum atomic E-state index is 6.25. The zero-order valence-corrected chi connectivity index (χ0v) is 15.5. The first-order chi connectivity index (χ1) is 12.7. The van der Waals surface area contributed by atoms with E-state index in [9.17, 15) is 0 Å². The van der Waals surface area contributed by atoms with Crippen molar-refractivity contribution in [2.24, 2.45) is 0 Å². The van der Waals surface area contributed by atoms with Crippen LogP contribution in [-0.2, 0) is 6.54 Å². The van der Waals surface area contributed by atoms with Crippen molar-refractivity contribution in [1.82, 2.24) is 9.55 Å². The summed E-state index contributed by atoms with van der Waals surface area (Å²) < 4.78 is 2.16. The lowest BCUT2D eigenvalue weighted by Gasteiger charge is -2.08. The summed E-state index contributed by atoms with van der Waals surface area (Å²) in [5.74, 6) is 0.867. The van der Waals surface area contributed by atoms with Crippen LogP contribution in [0, 0.1) is 0 Å². The summed E-state index contributed by atoms with van der Waals surface area (Å²) in [4.78, 5) is 4.76. The molecule has 1 aromatic heterocycles. The minimum absolute atomic E-state index is 0.516. The molecule has 0 saturated heterocycles. The van der Waals surface area contributed by atoms with Crippen LogP contribution in [0.1, 0.15) is 17.0 Å². The van der Waals surface area contributed by atoms with Crippen molar-refractivity contribution >= 4 is 46.4 Å². The number of hydrogen-bond acceptors (Lipinski definition) is 1. The third-order valence-electron chi connectivity index (χ3n) is 4.23. The number of nitrogens with zero attached hydrogens (tertiary/aromatic N) is 2. The maximum absolute atomic E-state index is 6.25. The van der Waals surface area contributed by atoms with E-state index < -0.39 is 0 Å². The van der Waals surface area contributed by atoms with Crippen molar-refractivity contribution in [3.05, 3.63) is 99.8 Å². The van der Waals surface area contributed by atoms with E-state index >= 15 is 0 Å². The van der Waals surface area contributed by atoms with Crippen LogP contribution in [0.4, 0.5) is 0 Å². The van der Waals surface area contributed by atoms with Crippen molar-refractivity contribution in [3.8, 4) is 0 Å². The summed E-state index contributed by atoms with van der Waals surface area (Å²) in [6.07, 6.45) is 4.09. The first-order valence-electron chi connectivity index (χ1n) is 8.33. The van der Waals surface area contributed by atoms with Gasteiger partial charge in [0.15, 0.2) is 0 Å². The Balaban J connectivity index is 1.82. The van der Waals surface area contributed by atoms with Gasteiger partial charge in [0.1, 0.15) is 5.82 Å². The second-order valence-corrected chi connectivity index (χ2v) is 6.86. The monoisotopic (exact) mass is 378 g/mol. The Morgan fingerprint density at radius 2 is 1.46 bits per heavy atom. The van der Waals surface area contributed by atoms with Crippen LogP contribution in [0.15, 0.2) is 72.8 Å². The average molecular weight is 379 g/mol. The van der Waals surface area contributed by atoms with Crippen molar-refractivity contribution in [2.75, 3.05) is 0 Å². The van der Waals surface area contributed by atoms with Gasteiger partial charge >= 0.3 is 0 Å². The van der Waals surface area contributed by atoms with E-state index in [0.29, 0.717) is 16.6 Å². The van der Waals surface area contributed by atoms with Gasteiger partial charge in [-0.05, 0) is 29.3 Å². The molecule has 0 aliphatic rings. The molecule has 4 heteroatoms. The number of benzene rings is 3. The Labute approximate surface area is 162 Å². The van der Waals surface area contributed by atoms with Crippen molar-refractivity contribution < 1.29 is 0 Å². The average Bonchev–Trinajstić information content (AvgIpc) is 2.99. The molecule has 26 heavy (non-hydrogen) atoms. The molecule has 0 bridgehead atoms. The third kappa shape index (κ3) is 3.52. The van der Waals surface area contributed by atoms with E-state index in [1.165, 1.54) is 5.56 Å². The number of halogens is 2. The summed E-state index contributed by atoms with van der Waals surface area (Å²) in [6.45, 7) is 0.712. The normalized spacial score (nSPS) is 11.5. The van der Waals surface area contributed by atoms with E-state index in [1.807, 2.05) is 54.6 Å². The van der Waals surface area contributed by atoms with Gasteiger partial charge in [0.25, 0.3) is 0 Å². The number of aromatic nitrogens is 2. The van der Waals surface area contributed by atoms with Gasteiger partial charge < -0.3 is 4.57 Å². The fraction of sp³-hybridized carbons (Fsp3) is 0.0455. The molecule has 0 fully saturated rings. The van der Waals surface area contributed by atoms with Crippen molar-refractivity contribution in [3.63, 3.8) is 0 Å². The SMILES string of the molecule is Clc1cc2nc(/C=C/c3ccccc3)n(Cc3ccccc3)c2cc1Cl. The molecule has 4 aromatic rings. The van der Waals surface area contributed by atoms with Crippen LogP contribution in [-0.4, -0.2) is 9.55 Å². The first-order valence-corrected chi connectivity index (χ1v) is 9.08. The Bertz CT molecular complexity index is 1070. The van der Waals surface area contributed by atoms with Crippen LogP contribution in [0.3, 0.4) is 0 Å². The Hall–Kier alpha value is -2.55. The Kier molecular flexibility index (Phi) is 4.79. The minimum atomic E-state index is 0.516. The third-order valence-corrected chi connectivity index (χ3v) is 4.95. The van der Waals surface area contributed by atoms with Gasteiger partial charge in [-0.2, -0.15) is 0 Å². The lowest BCUT2D eigenvalue weighted by Crippen LogP contribution is -2.02. The lowest BCUT2D eigenvalue weighted by molar-refractivity contribution is 0.814. The molecule has 3 aromatic carbocycles. The zero-order valence-electron chi connectivity index (χ0n) is 13.9. The van der Waals surface area contributed by atoms with Gasteiger partial charge in [-0.3, -0.25) is 0 Å². The number of imidazole rings is 1. The van der Waals surface area contributed by atoms with E-state index in [1.54, 1.807) is 0 Å². The van der Waals surface area contributed by atoms with Gasteiger partial charge in [-0.25, -0.2) is 4.98 Å². The molecular formula is C22H16Cl2N2. The van der Waals surface area contributed by atoms with E-state index in [2.05, 4.69) is 34.9 Å². The van der Waals surface area contributed by atoms with Gasteiger partial charge in [0.2, 0.25) is 0 Å². The smallest absolute Gasteiger partial charge is 0.134 e. The second-order valence-electron chi connectivity index (χ2n) is 6.04. The molecule has 0 spiro atoms. The molecule has 4 rings (SSSR count). The van der Waals surface area contributed by atoms with Crippen LogP contribution >= 0.6 is 23.2 Å². The fourth-order valence-corrected chi connectivity index (χ4v) is 3.25. The van der Waals surface area contributed by atoms with Crippen molar-refractivity contribution in [2.45, 2.75) is 6.54 Å². The molecule has 2 nitrogen and oxygen atoms in total. The maximum Gasteiger partial charge on any atom is 0.134 e. The highest BCUT2D eigenvalue weighted by molar-refractivity contribution is 6.42. The lowest BCUT2D eigenvalue weighted by atomic mass is 10.2. The van der Waals surface area contributed by atoms with E-state index in [-0.39, 0.29) is 0 Å². The highest BCUT2D eigenvalue weighted by Crippen LogP contribution is 2.29. The van der Waals surface area contributed by atoms with Crippen LogP contribution in [0.25, 0.3) is 23.2 Å². The quantitative estimate of drug-likeness (QED) is 0.393. The molecule has 1 heterocycles. The summed E-state index contributed by atoms with van der Waals surface area (Å²) in [7, 11) is 0. The Morgan fingerprint density at radius 1 is 0.808 bits per heavy atom. The zero-order chi connectivity index (χ0) is 17.9. The summed E-state index contributed by atoms with van der Waals surface area (Å²) in [6, 6.07) is 24.2. The second kappa shape index (κ2) is 7.36. The molecule has 0 aliphatic heterocycles. The molecule has 0 atom stereocenters. The number of rotatable bonds is 4. The van der Waals surface area contributed by atoms with Gasteiger partial charge in [0, 0.05) is 6.54 Å². The largest absolute Gasteiger partial charge is 0.320 e. The molecule has 0 aliphatic carbocycles. The highest BCUT2D eigenvalue weighted by Gasteiger charge is 2.12. The Morgan fingerprint density at radius 3 is 2.19 bits per heavy atom.